The summed E-state index contributed by atoms with van der Waals surface area (Å²) in [5, 5.41) is 2.97. The van der Waals surface area contributed by atoms with E-state index in [1.165, 1.54) is 60.7 Å². The molecule has 31 heavy (non-hydrogen) atoms. The molecule has 0 unspecified atom stereocenters. The second kappa shape index (κ2) is 8.04. The van der Waals surface area contributed by atoms with Crippen LogP contribution in [0.3, 0.4) is 0 Å². The van der Waals surface area contributed by atoms with E-state index >= 15 is 0 Å². The second-order valence-corrected chi connectivity index (χ2v) is 8.25. The first kappa shape index (κ1) is 20.3. The number of amides is 1. The van der Waals surface area contributed by atoms with Crippen LogP contribution < -0.4 is 15.7 Å². The number of nitrogens with one attached hydrogen (secondary N) is 2. The predicted octanol–water partition coefficient (Wildman–Crippen LogP) is 3.99. The van der Waals surface area contributed by atoms with E-state index in [2.05, 4.69) is 10.0 Å². The van der Waals surface area contributed by atoms with Crippen LogP contribution in [0.1, 0.15) is 10.4 Å². The van der Waals surface area contributed by atoms with Gasteiger partial charge in [0.15, 0.2) is 0 Å². The molecule has 3 aromatic carbocycles. The van der Waals surface area contributed by atoms with E-state index in [1.807, 2.05) is 0 Å². The lowest BCUT2D eigenvalue weighted by atomic mass is 10.1. The quantitative estimate of drug-likeness (QED) is 0.459. The molecule has 0 radical (unpaired) electrons. The van der Waals surface area contributed by atoms with Crippen molar-refractivity contribution in [2.75, 3.05) is 10.0 Å². The molecule has 0 aliphatic carbocycles. The molecule has 0 aliphatic heterocycles. The van der Waals surface area contributed by atoms with Crippen molar-refractivity contribution < 1.29 is 22.0 Å². The summed E-state index contributed by atoms with van der Waals surface area (Å²) in [6, 6.07) is 18.1. The number of sulfonamides is 1. The highest BCUT2D eigenvalue weighted by molar-refractivity contribution is 7.92. The van der Waals surface area contributed by atoms with Gasteiger partial charge in [0, 0.05) is 17.1 Å². The number of fused-ring (bicyclic) bond motifs is 1. The lowest BCUT2D eigenvalue weighted by Crippen LogP contribution is -2.18. The number of hydrogen-bond acceptors (Lipinski definition) is 5. The van der Waals surface area contributed by atoms with Crippen molar-refractivity contribution in [3.63, 3.8) is 0 Å². The summed E-state index contributed by atoms with van der Waals surface area (Å²) in [7, 11) is -4.06. The first-order chi connectivity index (χ1) is 14.8. The Morgan fingerprint density at radius 2 is 1.71 bits per heavy atom. The SMILES string of the molecule is O=C(Nc1cccc(F)c1)c1ccccc1NS(=O)(=O)c1ccc2oc(=O)ccc2c1. The van der Waals surface area contributed by atoms with Crippen LogP contribution in [0.2, 0.25) is 0 Å². The normalized spacial score (nSPS) is 11.3. The zero-order chi connectivity index (χ0) is 22.0. The Hall–Kier alpha value is -3.98. The van der Waals surface area contributed by atoms with Crippen molar-refractivity contribution in [2.24, 2.45) is 0 Å². The highest BCUT2D eigenvalue weighted by Gasteiger charge is 2.19. The first-order valence-corrected chi connectivity index (χ1v) is 10.5. The minimum absolute atomic E-state index is 0.0519. The fraction of sp³-hybridized carbons (Fsp3) is 0. The molecule has 9 heteroatoms. The number of benzene rings is 3. The summed E-state index contributed by atoms with van der Waals surface area (Å²) < 4.78 is 46.6. The maximum absolute atomic E-state index is 13.4. The van der Waals surface area contributed by atoms with Crippen LogP contribution in [0, 0.1) is 5.82 Å². The number of hydrogen-bond donors (Lipinski definition) is 2. The Morgan fingerprint density at radius 1 is 0.903 bits per heavy atom. The van der Waals surface area contributed by atoms with E-state index in [0.29, 0.717) is 5.39 Å². The van der Waals surface area contributed by atoms with Gasteiger partial charge in [-0.15, -0.1) is 0 Å². The first-order valence-electron chi connectivity index (χ1n) is 9.04. The Labute approximate surface area is 176 Å². The lowest BCUT2D eigenvalue weighted by molar-refractivity contribution is 0.102. The summed E-state index contributed by atoms with van der Waals surface area (Å²) >= 11 is 0. The summed E-state index contributed by atoms with van der Waals surface area (Å²) in [6.07, 6.45) is 0. The van der Waals surface area contributed by atoms with Crippen molar-refractivity contribution in [3.8, 4) is 0 Å². The molecule has 7 nitrogen and oxygen atoms in total. The van der Waals surface area contributed by atoms with Gasteiger partial charge in [0.2, 0.25) is 0 Å². The van der Waals surface area contributed by atoms with Gasteiger partial charge in [0.25, 0.3) is 15.9 Å². The Kier molecular flexibility index (Phi) is 5.26. The standard InChI is InChI=1S/C22H15FN2O5S/c23-15-4-3-5-16(13-15)24-22(27)18-6-1-2-7-19(18)25-31(28,29)17-9-10-20-14(12-17)8-11-21(26)30-20/h1-13,25H,(H,24,27). The highest BCUT2D eigenvalue weighted by Crippen LogP contribution is 2.24. The van der Waals surface area contributed by atoms with Crippen LogP contribution in [0.25, 0.3) is 11.0 Å². The van der Waals surface area contributed by atoms with E-state index in [1.54, 1.807) is 12.1 Å². The highest BCUT2D eigenvalue weighted by atomic mass is 32.2. The minimum atomic E-state index is -4.06. The van der Waals surface area contributed by atoms with E-state index in [0.717, 1.165) is 6.07 Å². The molecule has 1 aromatic heterocycles. The van der Waals surface area contributed by atoms with Gasteiger partial charge in [-0.3, -0.25) is 9.52 Å². The van der Waals surface area contributed by atoms with Gasteiger partial charge in [-0.25, -0.2) is 17.6 Å². The molecule has 2 N–H and O–H groups in total. The van der Waals surface area contributed by atoms with Gasteiger partial charge in [-0.05, 0) is 54.6 Å². The molecular formula is C22H15FN2O5S. The largest absolute Gasteiger partial charge is 0.423 e. The number of anilines is 2. The predicted molar refractivity (Wildman–Crippen MR) is 114 cm³/mol. The zero-order valence-corrected chi connectivity index (χ0v) is 16.6. The van der Waals surface area contributed by atoms with Crippen LogP contribution in [-0.4, -0.2) is 14.3 Å². The summed E-state index contributed by atoms with van der Waals surface area (Å²) in [6.45, 7) is 0. The van der Waals surface area contributed by atoms with Crippen molar-refractivity contribution in [1.82, 2.24) is 0 Å². The number of para-hydroxylation sites is 1. The van der Waals surface area contributed by atoms with Crippen LogP contribution in [-0.2, 0) is 10.0 Å². The summed E-state index contributed by atoms with van der Waals surface area (Å²) in [4.78, 5) is 23.9. The molecule has 0 saturated carbocycles. The van der Waals surface area contributed by atoms with Gasteiger partial charge in [-0.1, -0.05) is 18.2 Å². The number of carbonyl (C=O) groups is 1. The molecule has 0 fully saturated rings. The van der Waals surface area contributed by atoms with Crippen molar-refractivity contribution in [2.45, 2.75) is 4.90 Å². The van der Waals surface area contributed by atoms with Crippen LogP contribution >= 0.6 is 0 Å². The molecule has 0 spiro atoms. The van der Waals surface area contributed by atoms with Crippen molar-refractivity contribution in [3.05, 3.63) is 101 Å². The fourth-order valence-corrected chi connectivity index (χ4v) is 4.07. The van der Waals surface area contributed by atoms with Gasteiger partial charge >= 0.3 is 5.63 Å². The molecule has 4 aromatic rings. The van der Waals surface area contributed by atoms with Crippen molar-refractivity contribution >= 4 is 38.3 Å². The zero-order valence-electron chi connectivity index (χ0n) is 15.8. The smallest absolute Gasteiger partial charge is 0.336 e. The van der Waals surface area contributed by atoms with Gasteiger partial charge in [0.1, 0.15) is 11.4 Å². The maximum Gasteiger partial charge on any atom is 0.336 e. The Morgan fingerprint density at radius 3 is 2.52 bits per heavy atom. The van der Waals surface area contributed by atoms with Gasteiger partial charge < -0.3 is 9.73 Å². The van der Waals surface area contributed by atoms with E-state index in [9.17, 15) is 22.4 Å². The second-order valence-electron chi connectivity index (χ2n) is 6.57. The molecule has 1 amide bonds. The van der Waals surface area contributed by atoms with E-state index in [4.69, 9.17) is 4.42 Å². The van der Waals surface area contributed by atoms with Crippen LogP contribution in [0.15, 0.2) is 93.0 Å². The number of carbonyl (C=O) groups excluding carboxylic acids is 1. The average Bonchev–Trinajstić information content (AvgIpc) is 2.73. The average molecular weight is 438 g/mol. The molecule has 0 saturated heterocycles. The van der Waals surface area contributed by atoms with Crippen LogP contribution in [0.4, 0.5) is 15.8 Å². The van der Waals surface area contributed by atoms with Crippen molar-refractivity contribution in [1.29, 1.82) is 0 Å². The molecule has 156 valence electrons. The molecule has 0 atom stereocenters. The summed E-state index contributed by atoms with van der Waals surface area (Å²) in [5.41, 5.74) is 0.0534. The molecule has 4 rings (SSSR count). The Balaban J connectivity index is 1.64. The van der Waals surface area contributed by atoms with Crippen LogP contribution in [0.5, 0.6) is 0 Å². The third kappa shape index (κ3) is 4.46. The van der Waals surface area contributed by atoms with Gasteiger partial charge in [0.05, 0.1) is 16.1 Å². The third-order valence-corrected chi connectivity index (χ3v) is 5.76. The van der Waals surface area contributed by atoms with E-state index in [-0.39, 0.29) is 27.4 Å². The molecular weight excluding hydrogens is 423 g/mol. The fourth-order valence-electron chi connectivity index (χ4n) is 2.96. The third-order valence-electron chi connectivity index (χ3n) is 4.40. The van der Waals surface area contributed by atoms with Gasteiger partial charge in [-0.2, -0.15) is 0 Å². The number of halogens is 1. The summed E-state index contributed by atoms with van der Waals surface area (Å²) in [5.74, 6) is -1.12. The minimum Gasteiger partial charge on any atom is -0.423 e. The molecule has 0 aliphatic rings. The maximum atomic E-state index is 13.4. The number of rotatable bonds is 5. The Bertz CT molecular complexity index is 1460. The lowest BCUT2D eigenvalue weighted by Gasteiger charge is -2.13. The monoisotopic (exact) mass is 438 g/mol. The molecule has 0 bridgehead atoms. The van der Waals surface area contributed by atoms with E-state index < -0.39 is 27.4 Å². The molecule has 1 heterocycles. The topological polar surface area (TPSA) is 105 Å².